The molecule has 4 nitrogen and oxygen atoms in total. The van der Waals surface area contributed by atoms with Crippen LogP contribution in [0.1, 0.15) is 37.0 Å². The third kappa shape index (κ3) is 4.87. The predicted octanol–water partition coefficient (Wildman–Crippen LogP) is 2.73. The van der Waals surface area contributed by atoms with E-state index in [1.54, 1.807) is 6.07 Å². The van der Waals surface area contributed by atoms with Crippen LogP contribution in [0.3, 0.4) is 0 Å². The van der Waals surface area contributed by atoms with Crippen molar-refractivity contribution in [3.63, 3.8) is 0 Å². The van der Waals surface area contributed by atoms with E-state index in [0.29, 0.717) is 12.2 Å². The maximum Gasteiger partial charge on any atom is 0.338 e. The predicted molar refractivity (Wildman–Crippen MR) is 71.9 cm³/mol. The van der Waals surface area contributed by atoms with Crippen LogP contribution in [-0.2, 0) is 0 Å². The van der Waals surface area contributed by atoms with Gasteiger partial charge < -0.3 is 15.5 Å². The molecule has 0 aliphatic carbocycles. The first-order valence-electron chi connectivity index (χ1n) is 6.23. The summed E-state index contributed by atoms with van der Waals surface area (Å²) in [6, 6.07) is 3.99. The molecule has 0 saturated heterocycles. The lowest BCUT2D eigenvalue weighted by Crippen LogP contribution is -2.23. The van der Waals surface area contributed by atoms with Gasteiger partial charge >= 0.3 is 5.97 Å². The van der Waals surface area contributed by atoms with E-state index in [4.69, 9.17) is 10.2 Å². The van der Waals surface area contributed by atoms with Crippen molar-refractivity contribution < 1.29 is 19.4 Å². The smallest absolute Gasteiger partial charge is 0.338 e. The van der Waals surface area contributed by atoms with Crippen LogP contribution in [0.15, 0.2) is 18.2 Å². The summed E-state index contributed by atoms with van der Waals surface area (Å²) in [6.45, 7) is 4.89. The van der Waals surface area contributed by atoms with Gasteiger partial charge in [0, 0.05) is 18.8 Å². The fourth-order valence-corrected chi connectivity index (χ4v) is 1.79. The number of hydrogen-bond donors (Lipinski definition) is 3. The van der Waals surface area contributed by atoms with Gasteiger partial charge in [0.15, 0.2) is 0 Å². The normalized spacial score (nSPS) is 11.4. The number of carbonyl (C=O) groups is 1. The van der Waals surface area contributed by atoms with Gasteiger partial charge in [0.05, 0.1) is 5.56 Å². The number of aliphatic hydroxyl groups excluding tert-OH is 1. The van der Waals surface area contributed by atoms with Crippen molar-refractivity contribution in [3.05, 3.63) is 29.6 Å². The molecule has 0 aliphatic rings. The average Bonchev–Trinajstić information content (AvgIpc) is 2.34. The van der Waals surface area contributed by atoms with E-state index in [1.165, 1.54) is 12.1 Å². The van der Waals surface area contributed by atoms with E-state index in [1.807, 2.05) is 0 Å². The molecule has 0 bridgehead atoms. The third-order valence-corrected chi connectivity index (χ3v) is 2.98. The van der Waals surface area contributed by atoms with Crippen LogP contribution in [-0.4, -0.2) is 29.3 Å². The number of rotatable bonds is 7. The lowest BCUT2D eigenvalue weighted by molar-refractivity contribution is 0.0692. The highest BCUT2D eigenvalue weighted by molar-refractivity contribution is 5.88. The lowest BCUT2D eigenvalue weighted by Gasteiger charge is -2.25. The van der Waals surface area contributed by atoms with Gasteiger partial charge in [-0.1, -0.05) is 13.8 Å². The van der Waals surface area contributed by atoms with E-state index in [2.05, 4.69) is 19.2 Å². The molecule has 0 saturated carbocycles. The topological polar surface area (TPSA) is 69.6 Å². The molecule has 3 N–H and O–H groups in total. The molecule has 0 heterocycles. The summed E-state index contributed by atoms with van der Waals surface area (Å²) in [5, 5.41) is 20.6. The summed E-state index contributed by atoms with van der Waals surface area (Å²) in [6.07, 6.45) is 1.58. The fraction of sp³-hybridized carbons (Fsp3) is 0.500. The van der Waals surface area contributed by atoms with Crippen LogP contribution < -0.4 is 5.32 Å². The first kappa shape index (κ1) is 15.4. The van der Waals surface area contributed by atoms with Gasteiger partial charge in [-0.2, -0.15) is 0 Å². The molecule has 1 rings (SSSR count). The van der Waals surface area contributed by atoms with E-state index in [0.717, 1.165) is 12.8 Å². The van der Waals surface area contributed by atoms with Gasteiger partial charge in [-0.05, 0) is 36.5 Å². The molecule has 0 aromatic heterocycles. The molecule has 0 spiro atoms. The number of aliphatic hydroxyl groups is 1. The minimum atomic E-state index is -1.27. The van der Waals surface area contributed by atoms with E-state index in [-0.39, 0.29) is 17.6 Å². The second kappa shape index (κ2) is 6.52. The Labute approximate surface area is 112 Å². The minimum Gasteiger partial charge on any atom is -0.478 e. The zero-order valence-corrected chi connectivity index (χ0v) is 11.2. The second-order valence-corrected chi connectivity index (χ2v) is 5.34. The Morgan fingerprint density at radius 1 is 1.42 bits per heavy atom. The Bertz CT molecular complexity index is 446. The number of anilines is 1. The van der Waals surface area contributed by atoms with Crippen molar-refractivity contribution >= 4 is 11.7 Å². The van der Waals surface area contributed by atoms with Crippen LogP contribution >= 0.6 is 0 Å². The third-order valence-electron chi connectivity index (χ3n) is 2.98. The molecule has 1 aromatic rings. The molecule has 5 heteroatoms. The quantitative estimate of drug-likeness (QED) is 0.712. The Balaban J connectivity index is 2.63. The molecule has 0 atom stereocenters. The number of carboxylic acids is 1. The zero-order valence-electron chi connectivity index (χ0n) is 11.2. The maximum absolute atomic E-state index is 13.5. The van der Waals surface area contributed by atoms with Crippen molar-refractivity contribution in [1.29, 1.82) is 0 Å². The number of halogens is 1. The standard InChI is InChI=1S/C14H20FNO3/c1-14(2,6-3-7-17)9-16-10-4-5-11(13(18)19)12(15)8-10/h4-5,8,16-17H,3,6-7,9H2,1-2H3,(H,18,19). The number of hydrogen-bond acceptors (Lipinski definition) is 3. The molecule has 1 aromatic carbocycles. The summed E-state index contributed by atoms with van der Waals surface area (Å²) in [5.74, 6) is -2.02. The largest absolute Gasteiger partial charge is 0.478 e. The number of benzene rings is 1. The molecule has 0 unspecified atom stereocenters. The minimum absolute atomic E-state index is 0.0231. The molecular formula is C14H20FNO3. The van der Waals surface area contributed by atoms with Crippen molar-refractivity contribution in [3.8, 4) is 0 Å². The number of nitrogens with one attached hydrogen (secondary N) is 1. The summed E-state index contributed by atoms with van der Waals surface area (Å²) < 4.78 is 13.5. The van der Waals surface area contributed by atoms with Crippen LogP contribution in [0.25, 0.3) is 0 Å². The van der Waals surface area contributed by atoms with E-state index < -0.39 is 11.8 Å². The van der Waals surface area contributed by atoms with Crippen LogP contribution in [0, 0.1) is 11.2 Å². The highest BCUT2D eigenvalue weighted by Crippen LogP contribution is 2.23. The Morgan fingerprint density at radius 3 is 2.63 bits per heavy atom. The zero-order chi connectivity index (χ0) is 14.5. The molecule has 0 radical (unpaired) electrons. The van der Waals surface area contributed by atoms with Gasteiger partial charge in [0.2, 0.25) is 0 Å². The van der Waals surface area contributed by atoms with Crippen molar-refractivity contribution in [2.75, 3.05) is 18.5 Å². The van der Waals surface area contributed by atoms with Crippen molar-refractivity contribution in [1.82, 2.24) is 0 Å². The van der Waals surface area contributed by atoms with Crippen LogP contribution in [0.4, 0.5) is 10.1 Å². The SMILES string of the molecule is CC(C)(CCCO)CNc1ccc(C(=O)O)c(F)c1. The summed E-state index contributed by atoms with van der Waals surface area (Å²) in [5.41, 5.74) is 0.203. The maximum atomic E-state index is 13.5. The Kier molecular flexibility index (Phi) is 5.30. The van der Waals surface area contributed by atoms with Crippen LogP contribution in [0.5, 0.6) is 0 Å². The summed E-state index contributed by atoms with van der Waals surface area (Å²) in [4.78, 5) is 10.7. The first-order valence-corrected chi connectivity index (χ1v) is 6.23. The number of carboxylic acid groups (broad SMARTS) is 1. The van der Waals surface area contributed by atoms with Gasteiger partial charge in [-0.25, -0.2) is 9.18 Å². The molecule has 0 fully saturated rings. The Morgan fingerprint density at radius 2 is 2.11 bits per heavy atom. The molecule has 19 heavy (non-hydrogen) atoms. The van der Waals surface area contributed by atoms with Crippen molar-refractivity contribution in [2.24, 2.45) is 5.41 Å². The summed E-state index contributed by atoms with van der Waals surface area (Å²) in [7, 11) is 0. The molecule has 0 amide bonds. The van der Waals surface area contributed by atoms with Crippen molar-refractivity contribution in [2.45, 2.75) is 26.7 Å². The summed E-state index contributed by atoms with van der Waals surface area (Å²) >= 11 is 0. The van der Waals surface area contributed by atoms with Gasteiger partial charge in [0.1, 0.15) is 5.82 Å². The van der Waals surface area contributed by atoms with Crippen LogP contribution in [0.2, 0.25) is 0 Å². The van der Waals surface area contributed by atoms with Gasteiger partial charge in [-0.15, -0.1) is 0 Å². The fourth-order valence-electron chi connectivity index (χ4n) is 1.79. The molecule has 0 aliphatic heterocycles. The Hall–Kier alpha value is -1.62. The lowest BCUT2D eigenvalue weighted by atomic mass is 9.88. The monoisotopic (exact) mass is 269 g/mol. The van der Waals surface area contributed by atoms with Gasteiger partial charge in [-0.3, -0.25) is 0 Å². The first-order chi connectivity index (χ1) is 8.85. The molecule has 106 valence electrons. The van der Waals surface area contributed by atoms with Gasteiger partial charge in [0.25, 0.3) is 0 Å². The number of aromatic carboxylic acids is 1. The van der Waals surface area contributed by atoms with E-state index in [9.17, 15) is 9.18 Å². The van der Waals surface area contributed by atoms with E-state index >= 15 is 0 Å². The second-order valence-electron chi connectivity index (χ2n) is 5.34. The molecular weight excluding hydrogens is 249 g/mol. The highest BCUT2D eigenvalue weighted by Gasteiger charge is 2.17. The average molecular weight is 269 g/mol. The highest BCUT2D eigenvalue weighted by atomic mass is 19.1.